The van der Waals surface area contributed by atoms with Crippen LogP contribution in [0, 0.1) is 22.4 Å². The highest BCUT2D eigenvalue weighted by atomic mass is 32.1. The van der Waals surface area contributed by atoms with E-state index in [0.717, 1.165) is 22.4 Å². The smallest absolute Gasteiger partial charge is 0.113 e. The molecule has 1 aromatic rings. The standard InChI is InChI=1S/C14H18N2S/c17-12-1-2-15-13(16-12)14-6-9-3-10(7-14)5-11(4-9)8-14/h1-2,9-11H,3-8H2,(H,15,16,17). The van der Waals surface area contributed by atoms with Crippen molar-refractivity contribution in [3.63, 3.8) is 0 Å². The van der Waals surface area contributed by atoms with E-state index >= 15 is 0 Å². The van der Waals surface area contributed by atoms with Crippen molar-refractivity contribution in [1.82, 2.24) is 9.97 Å². The van der Waals surface area contributed by atoms with Gasteiger partial charge in [-0.25, -0.2) is 4.98 Å². The molecule has 4 aliphatic rings. The first-order valence-electron chi connectivity index (χ1n) is 6.79. The molecule has 1 heterocycles. The van der Waals surface area contributed by atoms with Crippen molar-refractivity contribution in [2.45, 2.75) is 43.9 Å². The van der Waals surface area contributed by atoms with Gasteiger partial charge < -0.3 is 4.98 Å². The summed E-state index contributed by atoms with van der Waals surface area (Å²) in [6.45, 7) is 0. The van der Waals surface area contributed by atoms with Crippen molar-refractivity contribution in [3.8, 4) is 0 Å². The van der Waals surface area contributed by atoms with Crippen LogP contribution < -0.4 is 0 Å². The van der Waals surface area contributed by atoms with Crippen molar-refractivity contribution < 1.29 is 0 Å². The van der Waals surface area contributed by atoms with Gasteiger partial charge in [-0.3, -0.25) is 0 Å². The minimum Gasteiger partial charge on any atom is -0.334 e. The van der Waals surface area contributed by atoms with Gasteiger partial charge in [0.05, 0.1) is 0 Å². The lowest BCUT2D eigenvalue weighted by Crippen LogP contribution is -2.49. The SMILES string of the molecule is S=c1ccnc(C23CC4CC(CC(C4)C2)C3)[nH]1. The Hall–Kier alpha value is -0.700. The third-order valence-corrected chi connectivity index (χ3v) is 5.45. The Morgan fingerprint density at radius 1 is 1.12 bits per heavy atom. The van der Waals surface area contributed by atoms with Crippen LogP contribution in [0.1, 0.15) is 44.3 Å². The van der Waals surface area contributed by atoms with E-state index in [4.69, 9.17) is 12.2 Å². The van der Waals surface area contributed by atoms with E-state index < -0.39 is 0 Å². The molecule has 1 aromatic heterocycles. The second-order valence-electron chi connectivity index (χ2n) is 6.48. The summed E-state index contributed by atoms with van der Waals surface area (Å²) in [5, 5.41) is 0. The number of nitrogens with zero attached hydrogens (tertiary/aromatic N) is 1. The Morgan fingerprint density at radius 3 is 2.24 bits per heavy atom. The average Bonchev–Trinajstić information content (AvgIpc) is 2.27. The molecule has 0 unspecified atom stereocenters. The molecule has 90 valence electrons. The fraction of sp³-hybridized carbons (Fsp3) is 0.714. The minimum atomic E-state index is 0.351. The van der Waals surface area contributed by atoms with Gasteiger partial charge in [-0.1, -0.05) is 12.2 Å². The first-order chi connectivity index (χ1) is 8.23. The number of H-pyrrole nitrogens is 1. The van der Waals surface area contributed by atoms with Gasteiger partial charge in [-0.2, -0.15) is 0 Å². The maximum Gasteiger partial charge on any atom is 0.113 e. The second kappa shape index (κ2) is 3.41. The highest BCUT2D eigenvalue weighted by Gasteiger charge is 2.52. The monoisotopic (exact) mass is 246 g/mol. The normalized spacial score (nSPS) is 42.9. The Bertz CT molecular complexity index is 470. The molecule has 1 N–H and O–H groups in total. The van der Waals surface area contributed by atoms with Gasteiger partial charge in [0.2, 0.25) is 0 Å². The lowest BCUT2D eigenvalue weighted by molar-refractivity contribution is -0.00945. The highest BCUT2D eigenvalue weighted by molar-refractivity contribution is 7.71. The average molecular weight is 246 g/mol. The van der Waals surface area contributed by atoms with Gasteiger partial charge in [0.15, 0.2) is 0 Å². The fourth-order valence-electron chi connectivity index (χ4n) is 5.04. The summed E-state index contributed by atoms with van der Waals surface area (Å²) in [5.74, 6) is 4.07. The number of hydrogen-bond donors (Lipinski definition) is 1. The molecule has 0 atom stereocenters. The quantitative estimate of drug-likeness (QED) is 0.767. The van der Waals surface area contributed by atoms with E-state index in [1.807, 2.05) is 12.3 Å². The van der Waals surface area contributed by atoms with Crippen LogP contribution in [-0.2, 0) is 5.41 Å². The van der Waals surface area contributed by atoms with Crippen LogP contribution in [0.2, 0.25) is 0 Å². The lowest BCUT2D eigenvalue weighted by atomic mass is 9.49. The molecule has 4 aliphatic carbocycles. The highest BCUT2D eigenvalue weighted by Crippen LogP contribution is 2.59. The molecule has 0 aromatic carbocycles. The molecule has 0 radical (unpaired) electrons. The van der Waals surface area contributed by atoms with Crippen molar-refractivity contribution >= 4 is 12.2 Å². The molecule has 0 spiro atoms. The largest absolute Gasteiger partial charge is 0.334 e. The second-order valence-corrected chi connectivity index (χ2v) is 6.92. The lowest BCUT2D eigenvalue weighted by Gasteiger charge is -2.56. The van der Waals surface area contributed by atoms with Crippen molar-refractivity contribution in [2.75, 3.05) is 0 Å². The summed E-state index contributed by atoms with van der Waals surface area (Å²) in [6.07, 6.45) is 10.4. The third kappa shape index (κ3) is 1.51. The molecule has 2 nitrogen and oxygen atoms in total. The molecule has 3 heteroatoms. The Balaban J connectivity index is 1.79. The predicted octanol–water partition coefficient (Wildman–Crippen LogP) is 3.61. The maximum absolute atomic E-state index is 5.26. The molecular formula is C14H18N2S. The first kappa shape index (κ1) is 10.2. The van der Waals surface area contributed by atoms with Gasteiger partial charge in [-0.15, -0.1) is 0 Å². The molecule has 4 bridgehead atoms. The predicted molar refractivity (Wildman–Crippen MR) is 69.3 cm³/mol. The molecule has 4 fully saturated rings. The number of aromatic nitrogens is 2. The van der Waals surface area contributed by atoms with Crippen LogP contribution in [0.25, 0.3) is 0 Å². The summed E-state index contributed by atoms with van der Waals surface area (Å²) < 4.78 is 0.839. The molecule has 5 rings (SSSR count). The first-order valence-corrected chi connectivity index (χ1v) is 7.20. The van der Waals surface area contributed by atoms with E-state index in [0.29, 0.717) is 5.41 Å². The van der Waals surface area contributed by atoms with Crippen molar-refractivity contribution in [2.24, 2.45) is 17.8 Å². The molecule has 0 saturated heterocycles. The molecule has 17 heavy (non-hydrogen) atoms. The summed E-state index contributed by atoms with van der Waals surface area (Å²) >= 11 is 5.26. The zero-order chi connectivity index (χ0) is 11.5. The van der Waals surface area contributed by atoms with Crippen LogP contribution in [0.5, 0.6) is 0 Å². The number of rotatable bonds is 1. The third-order valence-electron chi connectivity index (χ3n) is 5.21. The van der Waals surface area contributed by atoms with Crippen LogP contribution in [0.4, 0.5) is 0 Å². The Labute approximate surface area is 107 Å². The van der Waals surface area contributed by atoms with Crippen LogP contribution in [-0.4, -0.2) is 9.97 Å². The van der Waals surface area contributed by atoms with Gasteiger partial charge in [-0.05, 0) is 62.3 Å². The van der Waals surface area contributed by atoms with Gasteiger partial charge in [0, 0.05) is 11.6 Å². The van der Waals surface area contributed by atoms with Gasteiger partial charge >= 0.3 is 0 Å². The van der Waals surface area contributed by atoms with Crippen LogP contribution in [0.15, 0.2) is 12.3 Å². The van der Waals surface area contributed by atoms with E-state index in [-0.39, 0.29) is 0 Å². The molecule has 4 saturated carbocycles. The summed E-state index contributed by atoms with van der Waals surface area (Å²) in [6, 6.07) is 1.89. The minimum absolute atomic E-state index is 0.351. The van der Waals surface area contributed by atoms with E-state index in [9.17, 15) is 0 Å². The Kier molecular flexibility index (Phi) is 2.05. The summed E-state index contributed by atoms with van der Waals surface area (Å²) in [7, 11) is 0. The summed E-state index contributed by atoms with van der Waals surface area (Å²) in [4.78, 5) is 7.98. The summed E-state index contributed by atoms with van der Waals surface area (Å²) in [5.41, 5.74) is 0.351. The van der Waals surface area contributed by atoms with Gasteiger partial charge in [0.25, 0.3) is 0 Å². The van der Waals surface area contributed by atoms with E-state index in [1.54, 1.807) is 0 Å². The van der Waals surface area contributed by atoms with Crippen molar-refractivity contribution in [3.05, 3.63) is 22.7 Å². The molecular weight excluding hydrogens is 228 g/mol. The fourth-order valence-corrected chi connectivity index (χ4v) is 5.20. The van der Waals surface area contributed by atoms with Gasteiger partial charge in [0.1, 0.15) is 10.5 Å². The molecule has 0 amide bonds. The molecule has 0 aliphatic heterocycles. The number of aromatic amines is 1. The number of hydrogen-bond acceptors (Lipinski definition) is 2. The zero-order valence-electron chi connectivity index (χ0n) is 9.98. The number of nitrogens with one attached hydrogen (secondary N) is 1. The van der Waals surface area contributed by atoms with E-state index in [1.165, 1.54) is 44.3 Å². The van der Waals surface area contributed by atoms with Crippen LogP contribution >= 0.6 is 12.2 Å². The van der Waals surface area contributed by atoms with E-state index in [2.05, 4.69) is 9.97 Å². The topological polar surface area (TPSA) is 28.7 Å². The maximum atomic E-state index is 5.26. The zero-order valence-corrected chi connectivity index (χ0v) is 10.8. The Morgan fingerprint density at radius 2 is 1.71 bits per heavy atom. The van der Waals surface area contributed by atoms with Crippen LogP contribution in [0.3, 0.4) is 0 Å². The van der Waals surface area contributed by atoms with Crippen molar-refractivity contribution in [1.29, 1.82) is 0 Å².